The molecule has 23 heavy (non-hydrogen) atoms. The number of rotatable bonds is 2. The Hall–Kier alpha value is -1.72. The molecule has 0 aromatic carbocycles. The number of hydrogen-bond acceptors (Lipinski definition) is 3. The predicted molar refractivity (Wildman–Crippen MR) is 81.5 cm³/mol. The number of amides is 1. The van der Waals surface area contributed by atoms with Crippen molar-refractivity contribution in [3.05, 3.63) is 23.5 Å². The van der Waals surface area contributed by atoms with Gasteiger partial charge in [-0.3, -0.25) is 4.79 Å². The molecule has 1 aromatic rings. The van der Waals surface area contributed by atoms with E-state index in [1.807, 2.05) is 13.8 Å². The van der Waals surface area contributed by atoms with Gasteiger partial charge in [0.1, 0.15) is 5.75 Å². The van der Waals surface area contributed by atoms with Crippen LogP contribution in [0.15, 0.2) is 12.3 Å². The number of carbonyl (C=O) groups excluding carboxylic acids is 1. The molecule has 0 saturated heterocycles. The molecule has 6 heteroatoms. The molecule has 2 N–H and O–H groups in total. The number of nitrogens with zero attached hydrogens (tertiary/aromatic N) is 1. The van der Waals surface area contributed by atoms with Crippen LogP contribution in [-0.4, -0.2) is 28.0 Å². The molecule has 126 valence electrons. The van der Waals surface area contributed by atoms with E-state index in [0.717, 1.165) is 0 Å². The van der Waals surface area contributed by atoms with Gasteiger partial charge in [0.15, 0.2) is 5.69 Å². The number of halogens is 2. The number of alkyl halides is 2. The van der Waals surface area contributed by atoms with Crippen LogP contribution in [0.4, 0.5) is 8.78 Å². The molecule has 1 spiro atoms. The largest absolute Gasteiger partial charge is 0.505 e. The Morgan fingerprint density at radius 3 is 2.61 bits per heavy atom. The summed E-state index contributed by atoms with van der Waals surface area (Å²) in [6, 6.07) is 1.27. The Balaban J connectivity index is 1.77. The molecule has 4 nitrogen and oxygen atoms in total. The summed E-state index contributed by atoms with van der Waals surface area (Å²) in [6.45, 7) is 5.60. The summed E-state index contributed by atoms with van der Waals surface area (Å²) in [5.41, 5.74) is -0.725. The second-order valence-electron chi connectivity index (χ2n) is 7.91. The zero-order valence-corrected chi connectivity index (χ0v) is 13.6. The zero-order chi connectivity index (χ0) is 17.0. The number of nitrogens with one attached hydrogen (secondary N) is 1. The minimum absolute atomic E-state index is 0.0509. The Bertz CT molecular complexity index is 660. The molecule has 2 saturated carbocycles. The molecule has 2 fully saturated rings. The first-order chi connectivity index (χ1) is 10.6. The third-order valence-electron chi connectivity index (χ3n) is 5.14. The van der Waals surface area contributed by atoms with Gasteiger partial charge in [0, 0.05) is 24.1 Å². The van der Waals surface area contributed by atoms with Crippen LogP contribution in [0.2, 0.25) is 0 Å². The number of carbonyl (C=O) groups is 1. The molecular weight excluding hydrogens is 302 g/mol. The van der Waals surface area contributed by atoms with Crippen LogP contribution >= 0.6 is 0 Å². The molecule has 1 heterocycles. The second kappa shape index (κ2) is 4.89. The van der Waals surface area contributed by atoms with Gasteiger partial charge in [0.05, 0.1) is 0 Å². The van der Waals surface area contributed by atoms with Crippen LogP contribution in [0.1, 0.15) is 55.6 Å². The summed E-state index contributed by atoms with van der Waals surface area (Å²) in [4.78, 5) is 16.3. The van der Waals surface area contributed by atoms with E-state index in [9.17, 15) is 18.7 Å². The van der Waals surface area contributed by atoms with Gasteiger partial charge in [-0.25, -0.2) is 13.8 Å². The van der Waals surface area contributed by atoms with Crippen molar-refractivity contribution in [1.29, 1.82) is 0 Å². The van der Waals surface area contributed by atoms with Gasteiger partial charge in [-0.05, 0) is 43.2 Å². The first-order valence-electron chi connectivity index (χ1n) is 7.89. The highest BCUT2D eigenvalue weighted by Gasteiger charge is 2.73. The number of aromatic hydroxyl groups is 1. The van der Waals surface area contributed by atoms with Crippen LogP contribution < -0.4 is 5.32 Å². The van der Waals surface area contributed by atoms with Crippen molar-refractivity contribution in [3.63, 3.8) is 0 Å². The summed E-state index contributed by atoms with van der Waals surface area (Å²) in [6.07, 6.45) is 2.76. The molecule has 0 bridgehead atoms. The maximum atomic E-state index is 13.8. The maximum absolute atomic E-state index is 13.8. The van der Waals surface area contributed by atoms with E-state index in [2.05, 4.69) is 10.3 Å². The van der Waals surface area contributed by atoms with Crippen molar-refractivity contribution < 1.29 is 18.7 Å². The average Bonchev–Trinajstić information content (AvgIpc) is 2.89. The van der Waals surface area contributed by atoms with Gasteiger partial charge in [0.25, 0.3) is 11.8 Å². The minimum Gasteiger partial charge on any atom is -0.505 e. The van der Waals surface area contributed by atoms with Gasteiger partial charge < -0.3 is 10.4 Å². The van der Waals surface area contributed by atoms with Gasteiger partial charge in [-0.2, -0.15) is 0 Å². The van der Waals surface area contributed by atoms with E-state index >= 15 is 0 Å². The smallest absolute Gasteiger partial charge is 0.273 e. The summed E-state index contributed by atoms with van der Waals surface area (Å²) >= 11 is 0. The lowest BCUT2D eigenvalue weighted by atomic mass is 9.68. The van der Waals surface area contributed by atoms with E-state index in [0.29, 0.717) is 18.4 Å². The average molecular weight is 324 g/mol. The Kier molecular flexibility index (Phi) is 3.43. The van der Waals surface area contributed by atoms with Crippen LogP contribution in [0, 0.1) is 17.8 Å². The summed E-state index contributed by atoms with van der Waals surface area (Å²) < 4.78 is 27.6. The minimum atomic E-state index is -2.63. The molecule has 2 aliphatic carbocycles. The van der Waals surface area contributed by atoms with Crippen LogP contribution in [-0.2, 0) is 0 Å². The fourth-order valence-electron chi connectivity index (χ4n) is 4.14. The SMILES string of the molecule is Cc1ccnc(C(=O)NC2CC(C)(C)CC3(C2)CC3(F)F)c1O. The van der Waals surface area contributed by atoms with Gasteiger partial charge in [0.2, 0.25) is 0 Å². The molecule has 3 rings (SSSR count). The Labute approximate surface area is 134 Å². The van der Waals surface area contributed by atoms with Crippen LogP contribution in [0.5, 0.6) is 5.75 Å². The molecule has 0 aliphatic heterocycles. The predicted octanol–water partition coefficient (Wildman–Crippen LogP) is 3.43. The number of aryl methyl sites for hydroxylation is 1. The molecular formula is C17H22F2N2O2. The lowest BCUT2D eigenvalue weighted by Gasteiger charge is -2.41. The van der Waals surface area contributed by atoms with Crippen molar-refractivity contribution in [2.45, 2.75) is 58.4 Å². The maximum Gasteiger partial charge on any atom is 0.273 e. The monoisotopic (exact) mass is 324 g/mol. The topological polar surface area (TPSA) is 62.2 Å². The fraction of sp³-hybridized carbons (Fsp3) is 0.647. The summed E-state index contributed by atoms with van der Waals surface area (Å²) in [7, 11) is 0. The van der Waals surface area contributed by atoms with E-state index < -0.39 is 17.2 Å². The molecule has 1 amide bonds. The second-order valence-corrected chi connectivity index (χ2v) is 7.91. The molecule has 0 radical (unpaired) electrons. The third kappa shape index (κ3) is 2.79. The van der Waals surface area contributed by atoms with E-state index in [1.165, 1.54) is 6.20 Å². The summed E-state index contributed by atoms with van der Waals surface area (Å²) in [5, 5.41) is 12.8. The van der Waals surface area contributed by atoms with E-state index in [-0.39, 0.29) is 35.7 Å². The number of hydrogen-bond donors (Lipinski definition) is 2. The highest BCUT2D eigenvalue weighted by molar-refractivity contribution is 5.95. The number of pyridine rings is 1. The lowest BCUT2D eigenvalue weighted by Crippen LogP contribution is -2.45. The quantitative estimate of drug-likeness (QED) is 0.876. The summed E-state index contributed by atoms with van der Waals surface area (Å²) in [5.74, 6) is -3.29. The molecule has 1 aromatic heterocycles. The van der Waals surface area contributed by atoms with Crippen LogP contribution in [0.25, 0.3) is 0 Å². The molecule has 2 atom stereocenters. The third-order valence-corrected chi connectivity index (χ3v) is 5.14. The van der Waals surface area contributed by atoms with Gasteiger partial charge >= 0.3 is 0 Å². The Morgan fingerprint density at radius 2 is 2.00 bits per heavy atom. The van der Waals surface area contributed by atoms with E-state index in [1.54, 1.807) is 13.0 Å². The Morgan fingerprint density at radius 1 is 1.35 bits per heavy atom. The van der Waals surface area contributed by atoms with Crippen molar-refractivity contribution in [1.82, 2.24) is 10.3 Å². The zero-order valence-electron chi connectivity index (χ0n) is 13.6. The highest BCUT2D eigenvalue weighted by atomic mass is 19.3. The van der Waals surface area contributed by atoms with Crippen LogP contribution in [0.3, 0.4) is 0 Å². The standard InChI is InChI=1S/C17H22F2N2O2/c1-10-4-5-20-12(13(10)22)14(23)21-11-6-15(2,3)8-16(7-11)9-17(16,18)19/h4-5,11,22H,6-9H2,1-3H3,(H,21,23). The molecule has 2 aliphatic rings. The first-order valence-corrected chi connectivity index (χ1v) is 7.89. The van der Waals surface area contributed by atoms with Crippen molar-refractivity contribution >= 4 is 5.91 Å². The lowest BCUT2D eigenvalue weighted by molar-refractivity contribution is 0.00976. The fourth-order valence-corrected chi connectivity index (χ4v) is 4.14. The van der Waals surface area contributed by atoms with Crippen molar-refractivity contribution in [3.8, 4) is 5.75 Å². The van der Waals surface area contributed by atoms with Gasteiger partial charge in [-0.1, -0.05) is 13.8 Å². The van der Waals surface area contributed by atoms with Crippen molar-refractivity contribution in [2.24, 2.45) is 10.8 Å². The molecule has 2 unspecified atom stereocenters. The van der Waals surface area contributed by atoms with E-state index in [4.69, 9.17) is 0 Å². The first kappa shape index (κ1) is 16.1. The van der Waals surface area contributed by atoms with Crippen molar-refractivity contribution in [2.75, 3.05) is 0 Å². The highest BCUT2D eigenvalue weighted by Crippen LogP contribution is 2.70. The number of aromatic nitrogens is 1. The van der Waals surface area contributed by atoms with Gasteiger partial charge in [-0.15, -0.1) is 0 Å². The normalized spacial score (nSPS) is 30.9.